The predicted octanol–water partition coefficient (Wildman–Crippen LogP) is 3.99. The maximum absolute atomic E-state index is 11.7. The molecule has 11 atom stereocenters. The van der Waals surface area contributed by atoms with Gasteiger partial charge in [0.05, 0.1) is 0 Å². The molecule has 0 amide bonds. The van der Waals surface area contributed by atoms with Gasteiger partial charge in [0.2, 0.25) is 0 Å². The SMILES string of the molecule is C[C@H](CCC(=O)O)[C@H]1CC[C@H]2[C@@H]3[C@@H](OC=O)CC4C[C@H](OC=O)CC[C@]4(C)[C@H]3C[C@H](OC=O)[C@]12C. The summed E-state index contributed by atoms with van der Waals surface area (Å²) in [5.41, 5.74) is -0.319. The van der Waals surface area contributed by atoms with E-state index >= 15 is 0 Å². The number of carbonyl (C=O) groups excluding carboxylic acids is 3. The van der Waals surface area contributed by atoms with Crippen molar-refractivity contribution < 1.29 is 38.5 Å². The second-order valence-corrected chi connectivity index (χ2v) is 12.0. The summed E-state index contributed by atoms with van der Waals surface area (Å²) in [4.78, 5) is 45.5. The third-order valence-electron chi connectivity index (χ3n) is 11.0. The second kappa shape index (κ2) is 10.1. The molecule has 0 heterocycles. The molecule has 0 aromatic heterocycles. The van der Waals surface area contributed by atoms with Crippen molar-refractivity contribution in [1.82, 2.24) is 0 Å². The van der Waals surface area contributed by atoms with Crippen LogP contribution in [-0.4, -0.2) is 48.8 Å². The van der Waals surface area contributed by atoms with Crippen molar-refractivity contribution >= 4 is 25.4 Å². The summed E-state index contributed by atoms with van der Waals surface area (Å²) in [6.45, 7) is 8.34. The first-order chi connectivity index (χ1) is 16.7. The van der Waals surface area contributed by atoms with Crippen LogP contribution in [0, 0.1) is 46.3 Å². The average Bonchev–Trinajstić information content (AvgIpc) is 3.17. The van der Waals surface area contributed by atoms with Gasteiger partial charge in [-0.25, -0.2) is 0 Å². The molecule has 4 fully saturated rings. The largest absolute Gasteiger partial charge is 0.481 e. The van der Waals surface area contributed by atoms with E-state index in [1.165, 1.54) is 0 Å². The Morgan fingerprint density at radius 2 is 1.69 bits per heavy atom. The highest BCUT2D eigenvalue weighted by Crippen LogP contribution is 2.69. The lowest BCUT2D eigenvalue weighted by Crippen LogP contribution is -2.63. The zero-order valence-electron chi connectivity index (χ0n) is 21.1. The normalized spacial score (nSPS) is 45.1. The average molecular weight is 493 g/mol. The zero-order chi connectivity index (χ0) is 25.4. The summed E-state index contributed by atoms with van der Waals surface area (Å²) >= 11 is 0. The summed E-state index contributed by atoms with van der Waals surface area (Å²) in [5.74, 6) is 0.481. The number of carbonyl (C=O) groups is 4. The van der Waals surface area contributed by atoms with Crippen LogP contribution >= 0.6 is 0 Å². The third kappa shape index (κ3) is 4.35. The number of ether oxygens (including phenoxy) is 3. The number of carboxylic acids is 1. The van der Waals surface area contributed by atoms with Crippen LogP contribution in [0.3, 0.4) is 0 Å². The Hall–Kier alpha value is -2.12. The molecule has 4 saturated carbocycles. The fraction of sp³-hybridized carbons (Fsp3) is 0.852. The van der Waals surface area contributed by atoms with E-state index in [0.29, 0.717) is 32.3 Å². The molecule has 4 aliphatic carbocycles. The number of rotatable bonds is 10. The minimum absolute atomic E-state index is 0.0189. The van der Waals surface area contributed by atoms with Crippen molar-refractivity contribution in [3.8, 4) is 0 Å². The van der Waals surface area contributed by atoms with Crippen molar-refractivity contribution in [2.75, 3.05) is 0 Å². The molecule has 0 radical (unpaired) electrons. The van der Waals surface area contributed by atoms with Crippen LogP contribution in [0.1, 0.15) is 78.6 Å². The molecular formula is C27H40O8. The van der Waals surface area contributed by atoms with Crippen molar-refractivity contribution in [3.63, 3.8) is 0 Å². The van der Waals surface area contributed by atoms with Gasteiger partial charge in [-0.15, -0.1) is 0 Å². The minimum atomic E-state index is -0.791. The van der Waals surface area contributed by atoms with Gasteiger partial charge >= 0.3 is 5.97 Å². The highest BCUT2D eigenvalue weighted by atomic mass is 16.5. The first-order valence-corrected chi connectivity index (χ1v) is 13.2. The molecule has 0 aliphatic heterocycles. The van der Waals surface area contributed by atoms with E-state index in [4.69, 9.17) is 14.2 Å². The first-order valence-electron chi connectivity index (χ1n) is 13.2. The van der Waals surface area contributed by atoms with E-state index in [-0.39, 0.29) is 71.1 Å². The number of hydrogen-bond donors (Lipinski definition) is 1. The van der Waals surface area contributed by atoms with Gasteiger partial charge in [0.15, 0.2) is 0 Å². The molecule has 196 valence electrons. The molecule has 35 heavy (non-hydrogen) atoms. The van der Waals surface area contributed by atoms with Gasteiger partial charge in [0.1, 0.15) is 18.3 Å². The standard InChI is InChI=1S/C27H40O8/c1-16(4-7-24(31)32)19-5-6-20-25-21(12-23(35-15-30)27(19,20)3)26(2)9-8-18(33-13-28)10-17(26)11-22(25)34-14-29/h13-23,25H,4-12H2,1-3H3,(H,31,32)/t16-,17?,18-,19-,20+,21+,22+,23+,25+,26+,27-/m1/s1. The Balaban J connectivity index is 1.68. The number of aliphatic carboxylic acids is 1. The summed E-state index contributed by atoms with van der Waals surface area (Å²) in [7, 11) is 0. The fourth-order valence-electron chi connectivity index (χ4n) is 9.30. The number of hydrogen-bond acceptors (Lipinski definition) is 7. The van der Waals surface area contributed by atoms with Gasteiger partial charge in [-0.05, 0) is 86.4 Å². The Morgan fingerprint density at radius 1 is 0.971 bits per heavy atom. The molecule has 0 bridgehead atoms. The summed E-state index contributed by atoms with van der Waals surface area (Å²) in [5, 5.41) is 9.23. The molecule has 8 heteroatoms. The van der Waals surface area contributed by atoms with Gasteiger partial charge in [0, 0.05) is 17.8 Å². The molecule has 1 unspecified atom stereocenters. The Labute approximate surface area is 207 Å². The molecule has 0 aromatic rings. The van der Waals surface area contributed by atoms with Gasteiger partial charge in [0.25, 0.3) is 19.4 Å². The first kappa shape index (κ1) is 26.0. The Kier molecular flexibility index (Phi) is 7.49. The summed E-state index contributed by atoms with van der Waals surface area (Å²) in [6.07, 6.45) is 5.98. The highest BCUT2D eigenvalue weighted by Gasteiger charge is 2.67. The van der Waals surface area contributed by atoms with Gasteiger partial charge in [-0.3, -0.25) is 19.2 Å². The lowest BCUT2D eigenvalue weighted by atomic mass is 9.43. The summed E-state index contributed by atoms with van der Waals surface area (Å²) in [6, 6.07) is 0. The molecule has 0 aromatic carbocycles. The highest BCUT2D eigenvalue weighted by molar-refractivity contribution is 5.66. The van der Waals surface area contributed by atoms with Crippen molar-refractivity contribution in [3.05, 3.63) is 0 Å². The Bertz CT molecular complexity index is 815. The van der Waals surface area contributed by atoms with Crippen molar-refractivity contribution in [2.24, 2.45) is 46.3 Å². The lowest BCUT2D eigenvalue weighted by molar-refractivity contribution is -0.218. The van der Waals surface area contributed by atoms with E-state index in [9.17, 15) is 24.3 Å². The van der Waals surface area contributed by atoms with E-state index < -0.39 is 5.97 Å². The van der Waals surface area contributed by atoms with Crippen LogP contribution in [0.5, 0.6) is 0 Å². The van der Waals surface area contributed by atoms with Gasteiger partial charge in [-0.1, -0.05) is 20.8 Å². The van der Waals surface area contributed by atoms with Crippen LogP contribution in [0.2, 0.25) is 0 Å². The van der Waals surface area contributed by atoms with Crippen molar-refractivity contribution in [2.45, 2.75) is 96.9 Å². The fourth-order valence-corrected chi connectivity index (χ4v) is 9.30. The molecule has 8 nitrogen and oxygen atoms in total. The van der Waals surface area contributed by atoms with Crippen LogP contribution < -0.4 is 0 Å². The van der Waals surface area contributed by atoms with Crippen LogP contribution in [-0.2, 0) is 33.4 Å². The molecule has 0 spiro atoms. The number of carboxylic acid groups (broad SMARTS) is 1. The van der Waals surface area contributed by atoms with Crippen LogP contribution in [0.4, 0.5) is 0 Å². The monoisotopic (exact) mass is 492 g/mol. The van der Waals surface area contributed by atoms with Gasteiger partial charge < -0.3 is 19.3 Å². The Morgan fingerprint density at radius 3 is 2.34 bits per heavy atom. The molecule has 0 saturated heterocycles. The van der Waals surface area contributed by atoms with E-state index in [0.717, 1.165) is 38.5 Å². The zero-order valence-corrected chi connectivity index (χ0v) is 21.1. The molecule has 1 N–H and O–H groups in total. The molecule has 4 aliphatic rings. The minimum Gasteiger partial charge on any atom is -0.481 e. The van der Waals surface area contributed by atoms with E-state index in [2.05, 4.69) is 20.8 Å². The predicted molar refractivity (Wildman–Crippen MR) is 125 cm³/mol. The van der Waals surface area contributed by atoms with E-state index in [1.807, 2.05) is 0 Å². The maximum atomic E-state index is 11.7. The summed E-state index contributed by atoms with van der Waals surface area (Å²) < 4.78 is 17.0. The van der Waals surface area contributed by atoms with Crippen LogP contribution in [0.25, 0.3) is 0 Å². The topological polar surface area (TPSA) is 116 Å². The molecular weight excluding hydrogens is 452 g/mol. The quantitative estimate of drug-likeness (QED) is 0.359. The maximum Gasteiger partial charge on any atom is 0.303 e. The smallest absolute Gasteiger partial charge is 0.303 e. The third-order valence-corrected chi connectivity index (χ3v) is 11.0. The second-order valence-electron chi connectivity index (χ2n) is 12.0. The molecule has 4 rings (SSSR count). The van der Waals surface area contributed by atoms with Crippen molar-refractivity contribution in [1.29, 1.82) is 0 Å². The van der Waals surface area contributed by atoms with Gasteiger partial charge in [-0.2, -0.15) is 0 Å². The van der Waals surface area contributed by atoms with Crippen LogP contribution in [0.15, 0.2) is 0 Å². The number of fused-ring (bicyclic) bond motifs is 5. The van der Waals surface area contributed by atoms with E-state index in [1.54, 1.807) is 0 Å². The lowest BCUT2D eigenvalue weighted by Gasteiger charge is -2.64.